The first kappa shape index (κ1) is 10.6. The molecule has 14 heavy (non-hydrogen) atoms. The Hall–Kier alpha value is 0.0700. The van der Waals surface area contributed by atoms with E-state index < -0.39 is 0 Å². The van der Waals surface area contributed by atoms with E-state index in [1.54, 1.807) is 0 Å². The molecule has 4 heteroatoms. The maximum atomic E-state index is 4.48. The van der Waals surface area contributed by atoms with Crippen molar-refractivity contribution < 1.29 is 0 Å². The van der Waals surface area contributed by atoms with Gasteiger partial charge in [0.05, 0.1) is 5.52 Å². The Kier molecular flexibility index (Phi) is 2.96. The van der Waals surface area contributed by atoms with E-state index in [2.05, 4.69) is 58.8 Å². The molecule has 0 fully saturated rings. The summed E-state index contributed by atoms with van der Waals surface area (Å²) in [5, 5.41) is 1.11. The summed E-state index contributed by atoms with van der Waals surface area (Å²) < 4.78 is 3.12. The number of aromatic nitrogens is 1. The second-order valence-electron chi connectivity index (χ2n) is 3.03. The topological polar surface area (TPSA) is 12.9 Å². The fourth-order valence-electron chi connectivity index (χ4n) is 1.33. The van der Waals surface area contributed by atoms with Crippen LogP contribution in [-0.4, -0.2) is 4.98 Å². The van der Waals surface area contributed by atoms with Crippen LogP contribution >= 0.6 is 47.8 Å². The summed E-state index contributed by atoms with van der Waals surface area (Å²) in [4.78, 5) is 4.48. The van der Waals surface area contributed by atoms with Crippen molar-refractivity contribution in [3.63, 3.8) is 0 Å². The van der Waals surface area contributed by atoms with Crippen LogP contribution in [0, 0.1) is 6.92 Å². The lowest BCUT2D eigenvalue weighted by molar-refractivity contribution is 1.24. The first-order valence-corrected chi connectivity index (χ1v) is 6.38. The molecule has 0 saturated heterocycles. The maximum Gasteiger partial charge on any atom is 0.0859 e. The number of halogens is 3. The van der Waals surface area contributed by atoms with Crippen LogP contribution in [-0.2, 0) is 0 Å². The van der Waals surface area contributed by atoms with Gasteiger partial charge in [-0.2, -0.15) is 0 Å². The van der Waals surface area contributed by atoms with Gasteiger partial charge in [0, 0.05) is 24.5 Å². The van der Waals surface area contributed by atoms with Crippen LogP contribution < -0.4 is 0 Å². The molecule has 1 aromatic heterocycles. The molecule has 2 rings (SSSR count). The Bertz CT molecular complexity index is 461. The largest absolute Gasteiger partial charge is 0.252 e. The van der Waals surface area contributed by atoms with Crippen molar-refractivity contribution in [3.8, 4) is 0 Å². The second-order valence-corrected chi connectivity index (χ2v) is 5.65. The van der Waals surface area contributed by atoms with Crippen molar-refractivity contribution >= 4 is 58.7 Å². The van der Waals surface area contributed by atoms with Gasteiger partial charge in [-0.15, -0.1) is 0 Å². The molecule has 2 aromatic rings. The molecule has 0 amide bonds. The summed E-state index contributed by atoms with van der Waals surface area (Å²) in [6.07, 6.45) is 0. The van der Waals surface area contributed by atoms with Gasteiger partial charge >= 0.3 is 0 Å². The number of benzene rings is 1. The van der Waals surface area contributed by atoms with Gasteiger partial charge in [-0.05, 0) is 41.1 Å². The quantitative estimate of drug-likeness (QED) is 0.638. The smallest absolute Gasteiger partial charge is 0.0859 e. The van der Waals surface area contributed by atoms with Crippen LogP contribution in [0.4, 0.5) is 0 Å². The minimum atomic E-state index is 0.986. The molecule has 0 radical (unpaired) electrons. The highest BCUT2D eigenvalue weighted by Gasteiger charge is 2.06. The summed E-state index contributed by atoms with van der Waals surface area (Å²) in [6.45, 7) is 1.98. The number of hydrogen-bond acceptors (Lipinski definition) is 1. The molecule has 0 unspecified atom stereocenters. The van der Waals surface area contributed by atoms with E-state index in [1.807, 2.05) is 19.1 Å². The average molecular weight is 380 g/mol. The summed E-state index contributed by atoms with van der Waals surface area (Å²) in [5.41, 5.74) is 1.99. The Morgan fingerprint density at radius 3 is 2.43 bits per heavy atom. The number of fused-ring (bicyclic) bond motifs is 1. The lowest BCUT2D eigenvalue weighted by atomic mass is 10.2. The molecule has 0 spiro atoms. The number of nitrogens with zero attached hydrogens (tertiary/aromatic N) is 1. The third-order valence-electron chi connectivity index (χ3n) is 1.91. The summed E-state index contributed by atoms with van der Waals surface area (Å²) in [5.74, 6) is 0. The van der Waals surface area contributed by atoms with Crippen LogP contribution in [0.25, 0.3) is 10.9 Å². The van der Waals surface area contributed by atoms with Gasteiger partial charge in [0.2, 0.25) is 0 Å². The highest BCUT2D eigenvalue weighted by molar-refractivity contribution is 9.11. The molecule has 72 valence electrons. The number of rotatable bonds is 0. The van der Waals surface area contributed by atoms with Gasteiger partial charge in [0.1, 0.15) is 0 Å². The van der Waals surface area contributed by atoms with E-state index in [0.29, 0.717) is 0 Å². The van der Waals surface area contributed by atoms with Gasteiger partial charge in [-0.1, -0.05) is 31.9 Å². The van der Waals surface area contributed by atoms with Crippen LogP contribution in [0.2, 0.25) is 0 Å². The maximum absolute atomic E-state index is 4.48. The lowest BCUT2D eigenvalue weighted by Gasteiger charge is -2.05. The fourth-order valence-corrected chi connectivity index (χ4v) is 3.28. The van der Waals surface area contributed by atoms with Gasteiger partial charge in [0.25, 0.3) is 0 Å². The van der Waals surface area contributed by atoms with Crippen LogP contribution in [0.15, 0.2) is 31.6 Å². The molecule has 1 heterocycles. The Morgan fingerprint density at radius 2 is 1.71 bits per heavy atom. The monoisotopic (exact) mass is 377 g/mol. The van der Waals surface area contributed by atoms with E-state index in [1.165, 1.54) is 0 Å². The SMILES string of the molecule is Cc1cc(Br)c2cc(Br)cc(Br)c2n1. The highest BCUT2D eigenvalue weighted by Crippen LogP contribution is 2.31. The van der Waals surface area contributed by atoms with Crippen molar-refractivity contribution in [2.24, 2.45) is 0 Å². The number of pyridine rings is 1. The third kappa shape index (κ3) is 1.88. The van der Waals surface area contributed by atoms with Crippen LogP contribution in [0.5, 0.6) is 0 Å². The molecule has 0 aliphatic rings. The summed E-state index contributed by atoms with van der Waals surface area (Å²) in [6, 6.07) is 6.07. The molecule has 0 aliphatic heterocycles. The van der Waals surface area contributed by atoms with E-state index in [9.17, 15) is 0 Å². The Morgan fingerprint density at radius 1 is 1.00 bits per heavy atom. The van der Waals surface area contributed by atoms with Gasteiger partial charge in [0.15, 0.2) is 0 Å². The Labute approximate surface area is 107 Å². The molecular weight excluding hydrogens is 374 g/mol. The molecular formula is C10H6Br3N. The van der Waals surface area contributed by atoms with E-state index in [4.69, 9.17) is 0 Å². The molecule has 0 aliphatic carbocycles. The molecule has 1 nitrogen and oxygen atoms in total. The van der Waals surface area contributed by atoms with E-state index >= 15 is 0 Å². The minimum Gasteiger partial charge on any atom is -0.252 e. The highest BCUT2D eigenvalue weighted by atomic mass is 79.9. The standard InChI is InChI=1S/C10H6Br3N/c1-5-2-8(12)7-3-6(11)4-9(13)10(7)14-5/h2-4H,1H3. The Balaban J connectivity index is 2.94. The number of hydrogen-bond donors (Lipinski definition) is 0. The zero-order chi connectivity index (χ0) is 10.3. The fraction of sp³-hybridized carbons (Fsp3) is 0.100. The molecule has 0 N–H and O–H groups in total. The van der Waals surface area contributed by atoms with Gasteiger partial charge in [-0.3, -0.25) is 4.98 Å². The van der Waals surface area contributed by atoms with Crippen LogP contribution in [0.3, 0.4) is 0 Å². The third-order valence-corrected chi connectivity index (χ3v) is 3.63. The van der Waals surface area contributed by atoms with Crippen molar-refractivity contribution in [2.75, 3.05) is 0 Å². The summed E-state index contributed by atoms with van der Waals surface area (Å²) >= 11 is 10.5. The molecule has 1 aromatic carbocycles. The zero-order valence-electron chi connectivity index (χ0n) is 7.31. The van der Waals surface area contributed by atoms with Crippen molar-refractivity contribution in [3.05, 3.63) is 37.3 Å². The van der Waals surface area contributed by atoms with Crippen molar-refractivity contribution in [1.82, 2.24) is 4.98 Å². The van der Waals surface area contributed by atoms with Crippen LogP contribution in [0.1, 0.15) is 5.69 Å². The predicted octanol–water partition coefficient (Wildman–Crippen LogP) is 4.83. The first-order chi connectivity index (χ1) is 6.58. The first-order valence-electron chi connectivity index (χ1n) is 4.00. The van der Waals surface area contributed by atoms with Crippen molar-refractivity contribution in [1.29, 1.82) is 0 Å². The minimum absolute atomic E-state index is 0.986. The number of aryl methyl sites for hydroxylation is 1. The predicted molar refractivity (Wildman–Crippen MR) is 69.6 cm³/mol. The van der Waals surface area contributed by atoms with Crippen molar-refractivity contribution in [2.45, 2.75) is 6.92 Å². The molecule has 0 atom stereocenters. The summed E-state index contributed by atoms with van der Waals surface area (Å²) in [7, 11) is 0. The van der Waals surface area contributed by atoms with Gasteiger partial charge in [-0.25, -0.2) is 0 Å². The van der Waals surface area contributed by atoms with Gasteiger partial charge < -0.3 is 0 Å². The van der Waals surface area contributed by atoms with E-state index in [-0.39, 0.29) is 0 Å². The average Bonchev–Trinajstić information content (AvgIpc) is 2.07. The lowest BCUT2D eigenvalue weighted by Crippen LogP contribution is -1.86. The van der Waals surface area contributed by atoms with E-state index in [0.717, 1.165) is 30.0 Å². The molecule has 0 bridgehead atoms. The molecule has 0 saturated carbocycles. The second kappa shape index (κ2) is 3.91. The normalized spacial score (nSPS) is 10.9. The zero-order valence-corrected chi connectivity index (χ0v) is 12.1.